The molecule has 1 aliphatic heterocycles. The number of piperazine rings is 1. The highest BCUT2D eigenvalue weighted by molar-refractivity contribution is 5.93. The maximum absolute atomic E-state index is 13.1. The van der Waals surface area contributed by atoms with Crippen LogP contribution >= 0.6 is 0 Å². The Kier molecular flexibility index (Phi) is 6.08. The van der Waals surface area contributed by atoms with Crippen LogP contribution in [-0.4, -0.2) is 76.0 Å². The van der Waals surface area contributed by atoms with Crippen LogP contribution in [0.25, 0.3) is 11.2 Å². The third-order valence-electron chi connectivity index (χ3n) is 6.01. The minimum Gasteiger partial charge on any atom is -0.383 e. The average Bonchev–Trinajstić information content (AvgIpc) is 3.32. The van der Waals surface area contributed by atoms with E-state index in [1.807, 2.05) is 4.90 Å². The molecule has 0 atom stereocenters. The van der Waals surface area contributed by atoms with E-state index in [1.165, 1.54) is 4.57 Å². The number of fused-ring (bicyclic) bond motifs is 1. The normalized spacial score (nSPS) is 17.6. The van der Waals surface area contributed by atoms with Gasteiger partial charge in [-0.15, -0.1) is 0 Å². The van der Waals surface area contributed by atoms with Crippen LogP contribution in [0.15, 0.2) is 23.1 Å². The van der Waals surface area contributed by atoms with Crippen molar-refractivity contribution in [1.29, 1.82) is 0 Å². The molecule has 2 fully saturated rings. The van der Waals surface area contributed by atoms with Crippen molar-refractivity contribution in [2.75, 3.05) is 39.9 Å². The summed E-state index contributed by atoms with van der Waals surface area (Å²) in [5, 5.41) is 0. The minimum atomic E-state index is -0.465. The molecular weight excluding hydrogens is 386 g/mol. The summed E-state index contributed by atoms with van der Waals surface area (Å²) < 4.78 is 6.55. The van der Waals surface area contributed by atoms with Crippen LogP contribution in [0.4, 0.5) is 0 Å². The minimum absolute atomic E-state index is 0.109. The summed E-state index contributed by atoms with van der Waals surface area (Å²) in [7, 11) is 1.56. The molecule has 0 unspecified atom stereocenters. The van der Waals surface area contributed by atoms with Gasteiger partial charge < -0.3 is 14.5 Å². The number of ether oxygens (including phenoxy) is 1. The molecule has 1 saturated carbocycles. The molecule has 0 spiro atoms. The molecule has 2 aromatic heterocycles. The van der Waals surface area contributed by atoms with Crippen molar-refractivity contribution >= 4 is 23.0 Å². The maximum atomic E-state index is 13.1. The summed E-state index contributed by atoms with van der Waals surface area (Å²) in [6.45, 7) is 2.41. The van der Waals surface area contributed by atoms with Gasteiger partial charge in [0.1, 0.15) is 5.52 Å². The zero-order valence-corrected chi connectivity index (χ0v) is 17.2. The Balaban J connectivity index is 1.53. The zero-order chi connectivity index (χ0) is 21.1. The van der Waals surface area contributed by atoms with E-state index in [9.17, 15) is 14.4 Å². The monoisotopic (exact) mass is 413 g/mol. The van der Waals surface area contributed by atoms with E-state index in [4.69, 9.17) is 4.74 Å². The Morgan fingerprint density at radius 3 is 2.53 bits per heavy atom. The largest absolute Gasteiger partial charge is 0.383 e. The molecule has 160 valence electrons. The zero-order valence-electron chi connectivity index (χ0n) is 17.2. The fraction of sp³-hybridized carbons (Fsp3) is 0.571. The molecule has 0 N–H and O–H groups in total. The van der Waals surface area contributed by atoms with Crippen molar-refractivity contribution in [3.63, 3.8) is 0 Å². The van der Waals surface area contributed by atoms with Gasteiger partial charge in [0.2, 0.25) is 5.91 Å². The third kappa shape index (κ3) is 3.94. The van der Waals surface area contributed by atoms with E-state index >= 15 is 0 Å². The Bertz CT molecular complexity index is 991. The first kappa shape index (κ1) is 20.5. The van der Waals surface area contributed by atoms with Crippen molar-refractivity contribution in [3.8, 4) is 0 Å². The van der Waals surface area contributed by atoms with Gasteiger partial charge in [0.25, 0.3) is 11.5 Å². The van der Waals surface area contributed by atoms with Gasteiger partial charge in [0.15, 0.2) is 11.3 Å². The predicted octanol–water partition coefficient (Wildman–Crippen LogP) is 0.913. The molecule has 1 saturated heterocycles. The van der Waals surface area contributed by atoms with Gasteiger partial charge in [-0.25, -0.2) is 9.97 Å². The second-order valence-electron chi connectivity index (χ2n) is 7.86. The number of amides is 2. The smallest absolute Gasteiger partial charge is 0.283 e. The van der Waals surface area contributed by atoms with Crippen LogP contribution in [0, 0.1) is 5.92 Å². The molecule has 2 aromatic rings. The van der Waals surface area contributed by atoms with Crippen molar-refractivity contribution in [1.82, 2.24) is 24.3 Å². The molecule has 9 heteroatoms. The second kappa shape index (κ2) is 8.91. The van der Waals surface area contributed by atoms with Gasteiger partial charge in [-0.05, 0) is 25.0 Å². The van der Waals surface area contributed by atoms with Crippen molar-refractivity contribution in [3.05, 3.63) is 34.4 Å². The molecule has 9 nitrogen and oxygen atoms in total. The van der Waals surface area contributed by atoms with Crippen LogP contribution in [-0.2, 0) is 16.1 Å². The van der Waals surface area contributed by atoms with Crippen molar-refractivity contribution in [2.24, 2.45) is 5.92 Å². The number of carbonyl (C=O) groups excluding carboxylic acids is 2. The highest BCUT2D eigenvalue weighted by atomic mass is 16.5. The van der Waals surface area contributed by atoms with E-state index in [0.717, 1.165) is 25.7 Å². The first-order valence-corrected chi connectivity index (χ1v) is 10.5. The molecule has 4 rings (SSSR count). The average molecular weight is 413 g/mol. The number of nitrogens with zero attached hydrogens (tertiary/aromatic N) is 5. The number of methoxy groups -OCH3 is 1. The number of hydrogen-bond acceptors (Lipinski definition) is 6. The second-order valence-corrected chi connectivity index (χ2v) is 7.86. The van der Waals surface area contributed by atoms with Gasteiger partial charge in [0, 0.05) is 45.4 Å². The van der Waals surface area contributed by atoms with Crippen LogP contribution < -0.4 is 5.56 Å². The van der Waals surface area contributed by atoms with Gasteiger partial charge in [0.05, 0.1) is 13.2 Å². The predicted molar refractivity (Wildman–Crippen MR) is 110 cm³/mol. The molecule has 0 radical (unpaired) electrons. The van der Waals surface area contributed by atoms with E-state index in [1.54, 1.807) is 30.3 Å². The molecule has 0 aromatic carbocycles. The summed E-state index contributed by atoms with van der Waals surface area (Å²) in [6.07, 6.45) is 5.76. The molecule has 3 heterocycles. The lowest BCUT2D eigenvalue weighted by molar-refractivity contribution is -0.136. The fourth-order valence-corrected chi connectivity index (χ4v) is 4.32. The molecule has 2 aliphatic rings. The van der Waals surface area contributed by atoms with E-state index in [-0.39, 0.29) is 24.1 Å². The molecule has 1 aliphatic carbocycles. The lowest BCUT2D eigenvalue weighted by atomic mass is 10.1. The standard InChI is InChI=1S/C21H27N5O4/c1-30-14-13-26-18-16(7-4-8-22-18)23-17(21(26)29)20(28)25-11-9-24(10-12-25)19(27)15-5-2-3-6-15/h4,7-8,15H,2-3,5-6,9-14H2,1H3. The molecule has 0 bridgehead atoms. The first-order chi connectivity index (χ1) is 14.6. The van der Waals surface area contributed by atoms with Gasteiger partial charge >= 0.3 is 0 Å². The molecular formula is C21H27N5O4. The number of aromatic nitrogens is 3. The quantitative estimate of drug-likeness (QED) is 0.723. The van der Waals surface area contributed by atoms with Crippen LogP contribution in [0.2, 0.25) is 0 Å². The summed E-state index contributed by atoms with van der Waals surface area (Å²) in [5.74, 6) is -0.0591. The summed E-state index contributed by atoms with van der Waals surface area (Å²) in [6, 6.07) is 3.46. The fourth-order valence-electron chi connectivity index (χ4n) is 4.32. The SMILES string of the molecule is COCCn1c(=O)c(C(=O)N2CCN(C(=O)C3CCCC3)CC2)nc2cccnc21. The Morgan fingerprint density at radius 1 is 1.13 bits per heavy atom. The lowest BCUT2D eigenvalue weighted by Crippen LogP contribution is -2.52. The Hall–Kier alpha value is -2.81. The highest BCUT2D eigenvalue weighted by Crippen LogP contribution is 2.27. The van der Waals surface area contributed by atoms with Crippen LogP contribution in [0.3, 0.4) is 0 Å². The first-order valence-electron chi connectivity index (χ1n) is 10.5. The summed E-state index contributed by atoms with van der Waals surface area (Å²) in [5.41, 5.74) is 0.351. The Labute approximate surface area is 174 Å². The number of hydrogen-bond donors (Lipinski definition) is 0. The highest BCUT2D eigenvalue weighted by Gasteiger charge is 2.32. The van der Waals surface area contributed by atoms with Gasteiger partial charge in [-0.3, -0.25) is 19.0 Å². The molecule has 2 amide bonds. The summed E-state index contributed by atoms with van der Waals surface area (Å²) >= 11 is 0. The van der Waals surface area contributed by atoms with Crippen LogP contribution in [0.1, 0.15) is 36.2 Å². The van der Waals surface area contributed by atoms with E-state index < -0.39 is 11.5 Å². The molecule has 30 heavy (non-hydrogen) atoms. The van der Waals surface area contributed by atoms with Crippen molar-refractivity contribution in [2.45, 2.75) is 32.2 Å². The number of rotatable bonds is 5. The number of carbonyl (C=O) groups is 2. The maximum Gasteiger partial charge on any atom is 0.283 e. The third-order valence-corrected chi connectivity index (χ3v) is 6.01. The van der Waals surface area contributed by atoms with Gasteiger partial charge in [-0.1, -0.05) is 12.8 Å². The number of pyridine rings is 1. The van der Waals surface area contributed by atoms with E-state index in [0.29, 0.717) is 43.9 Å². The van der Waals surface area contributed by atoms with Gasteiger partial charge in [-0.2, -0.15) is 0 Å². The lowest BCUT2D eigenvalue weighted by Gasteiger charge is -2.35. The van der Waals surface area contributed by atoms with E-state index in [2.05, 4.69) is 9.97 Å². The van der Waals surface area contributed by atoms with Crippen LogP contribution in [0.5, 0.6) is 0 Å². The Morgan fingerprint density at radius 2 is 1.83 bits per heavy atom. The topological polar surface area (TPSA) is 97.6 Å². The van der Waals surface area contributed by atoms with Crippen molar-refractivity contribution < 1.29 is 14.3 Å². The summed E-state index contributed by atoms with van der Waals surface area (Å²) in [4.78, 5) is 50.8.